The Balaban J connectivity index is 1.52. The van der Waals surface area contributed by atoms with E-state index in [0.29, 0.717) is 17.1 Å². The SMILES string of the molecule is C=C1NC(=O)NC(c2ccc3c(c2)OCO3)C1C(=O)OCc1ccc(OC)cc1. The number of hydrogen-bond donors (Lipinski definition) is 2. The number of amides is 2. The van der Waals surface area contributed by atoms with Gasteiger partial charge in [0, 0.05) is 5.70 Å². The first-order chi connectivity index (χ1) is 14.0. The van der Waals surface area contributed by atoms with E-state index in [4.69, 9.17) is 18.9 Å². The van der Waals surface area contributed by atoms with E-state index in [9.17, 15) is 9.59 Å². The van der Waals surface area contributed by atoms with Gasteiger partial charge in [-0.3, -0.25) is 4.79 Å². The van der Waals surface area contributed by atoms with Gasteiger partial charge < -0.3 is 29.6 Å². The number of ether oxygens (including phenoxy) is 4. The first kappa shape index (κ1) is 18.7. The minimum Gasteiger partial charge on any atom is -0.497 e. The molecule has 0 bridgehead atoms. The van der Waals surface area contributed by atoms with Crippen LogP contribution in [-0.4, -0.2) is 25.9 Å². The Morgan fingerprint density at radius 2 is 1.93 bits per heavy atom. The largest absolute Gasteiger partial charge is 0.497 e. The molecule has 0 spiro atoms. The lowest BCUT2D eigenvalue weighted by Gasteiger charge is -2.33. The Hall–Kier alpha value is -3.68. The van der Waals surface area contributed by atoms with Gasteiger partial charge in [0.05, 0.1) is 13.2 Å². The molecule has 2 N–H and O–H groups in total. The van der Waals surface area contributed by atoms with Crippen LogP contribution in [0.15, 0.2) is 54.7 Å². The zero-order chi connectivity index (χ0) is 20.4. The van der Waals surface area contributed by atoms with Crippen molar-refractivity contribution in [3.8, 4) is 17.2 Å². The molecule has 0 aromatic heterocycles. The lowest BCUT2D eigenvalue weighted by Crippen LogP contribution is -2.51. The van der Waals surface area contributed by atoms with Crippen LogP contribution in [0.2, 0.25) is 0 Å². The van der Waals surface area contributed by atoms with E-state index in [1.165, 1.54) is 0 Å². The maximum Gasteiger partial charge on any atom is 0.319 e. The van der Waals surface area contributed by atoms with E-state index >= 15 is 0 Å². The van der Waals surface area contributed by atoms with Gasteiger partial charge in [0.25, 0.3) is 0 Å². The van der Waals surface area contributed by atoms with Crippen LogP contribution in [0.1, 0.15) is 17.2 Å². The predicted molar refractivity (Wildman–Crippen MR) is 102 cm³/mol. The van der Waals surface area contributed by atoms with Gasteiger partial charge in [0.1, 0.15) is 18.3 Å². The van der Waals surface area contributed by atoms with Crippen molar-refractivity contribution < 1.29 is 28.5 Å². The Kier molecular flexibility index (Phi) is 4.99. The van der Waals surface area contributed by atoms with E-state index < -0.39 is 24.0 Å². The molecule has 1 saturated heterocycles. The Morgan fingerprint density at radius 3 is 2.69 bits per heavy atom. The quantitative estimate of drug-likeness (QED) is 0.755. The number of carbonyl (C=O) groups excluding carboxylic acids is 2. The van der Waals surface area contributed by atoms with Gasteiger partial charge in [-0.1, -0.05) is 24.8 Å². The zero-order valence-electron chi connectivity index (χ0n) is 15.8. The van der Waals surface area contributed by atoms with Gasteiger partial charge in [0.2, 0.25) is 6.79 Å². The molecule has 2 aromatic carbocycles. The highest BCUT2D eigenvalue weighted by Crippen LogP contribution is 2.38. The predicted octanol–water partition coefficient (Wildman–Crippen LogP) is 2.65. The highest BCUT2D eigenvalue weighted by atomic mass is 16.7. The van der Waals surface area contributed by atoms with Crippen molar-refractivity contribution in [2.75, 3.05) is 13.9 Å². The second kappa shape index (κ2) is 7.75. The molecular formula is C21H20N2O6. The van der Waals surface area contributed by atoms with Crippen molar-refractivity contribution in [3.63, 3.8) is 0 Å². The van der Waals surface area contributed by atoms with Gasteiger partial charge in [-0.05, 0) is 35.4 Å². The molecule has 2 aliphatic heterocycles. The van der Waals surface area contributed by atoms with E-state index in [0.717, 1.165) is 11.3 Å². The average molecular weight is 396 g/mol. The van der Waals surface area contributed by atoms with Gasteiger partial charge in [0.15, 0.2) is 11.5 Å². The minimum atomic E-state index is -0.800. The summed E-state index contributed by atoms with van der Waals surface area (Å²) in [5.41, 5.74) is 1.78. The minimum absolute atomic E-state index is 0.0917. The smallest absolute Gasteiger partial charge is 0.319 e. The van der Waals surface area contributed by atoms with Crippen molar-refractivity contribution >= 4 is 12.0 Å². The van der Waals surface area contributed by atoms with E-state index in [1.54, 1.807) is 37.4 Å². The molecular weight excluding hydrogens is 376 g/mol. The summed E-state index contributed by atoms with van der Waals surface area (Å²) in [4.78, 5) is 24.9. The maximum absolute atomic E-state index is 12.9. The van der Waals surface area contributed by atoms with Crippen LogP contribution < -0.4 is 24.8 Å². The second-order valence-electron chi connectivity index (χ2n) is 6.65. The number of esters is 1. The van der Waals surface area contributed by atoms with Crippen LogP contribution in [0.4, 0.5) is 4.79 Å². The van der Waals surface area contributed by atoms with Crippen LogP contribution >= 0.6 is 0 Å². The summed E-state index contributed by atoms with van der Waals surface area (Å²) in [6.07, 6.45) is 0. The molecule has 29 heavy (non-hydrogen) atoms. The molecule has 1 fully saturated rings. The third kappa shape index (κ3) is 3.82. The van der Waals surface area contributed by atoms with Gasteiger partial charge in [-0.2, -0.15) is 0 Å². The van der Waals surface area contributed by atoms with Crippen molar-refractivity contribution in [1.29, 1.82) is 0 Å². The summed E-state index contributed by atoms with van der Waals surface area (Å²) in [5.74, 6) is 0.598. The third-order valence-corrected chi connectivity index (χ3v) is 4.82. The Morgan fingerprint density at radius 1 is 1.17 bits per heavy atom. The molecule has 2 atom stereocenters. The van der Waals surface area contributed by atoms with Crippen LogP contribution in [0.5, 0.6) is 17.2 Å². The lowest BCUT2D eigenvalue weighted by atomic mass is 9.89. The molecule has 2 unspecified atom stereocenters. The monoisotopic (exact) mass is 396 g/mol. The second-order valence-corrected chi connectivity index (χ2v) is 6.65. The van der Waals surface area contributed by atoms with Gasteiger partial charge in [-0.25, -0.2) is 4.79 Å². The number of fused-ring (bicyclic) bond motifs is 1. The summed E-state index contributed by atoms with van der Waals surface area (Å²) in [6, 6.07) is 11.4. The fraction of sp³-hybridized carbons (Fsp3) is 0.238. The summed E-state index contributed by atoms with van der Waals surface area (Å²) < 4.78 is 21.4. The highest BCUT2D eigenvalue weighted by molar-refractivity contribution is 5.85. The highest BCUT2D eigenvalue weighted by Gasteiger charge is 2.39. The van der Waals surface area contributed by atoms with Gasteiger partial charge in [-0.15, -0.1) is 0 Å². The van der Waals surface area contributed by atoms with Crippen LogP contribution in [0, 0.1) is 5.92 Å². The zero-order valence-corrected chi connectivity index (χ0v) is 15.8. The average Bonchev–Trinajstić information content (AvgIpc) is 3.19. The topological polar surface area (TPSA) is 95.1 Å². The Labute approximate surface area is 167 Å². The molecule has 2 amide bonds. The van der Waals surface area contributed by atoms with E-state index in [1.807, 2.05) is 12.1 Å². The Bertz CT molecular complexity index is 956. The number of hydrogen-bond acceptors (Lipinski definition) is 6. The summed E-state index contributed by atoms with van der Waals surface area (Å²) in [6.45, 7) is 4.08. The number of carbonyl (C=O) groups is 2. The lowest BCUT2D eigenvalue weighted by molar-refractivity contribution is -0.149. The van der Waals surface area contributed by atoms with Crippen molar-refractivity contribution in [3.05, 3.63) is 65.9 Å². The first-order valence-electron chi connectivity index (χ1n) is 9.00. The normalized spacial score (nSPS) is 19.9. The maximum atomic E-state index is 12.9. The molecule has 150 valence electrons. The molecule has 2 aromatic rings. The number of methoxy groups -OCH3 is 1. The van der Waals surface area contributed by atoms with Crippen LogP contribution in [-0.2, 0) is 16.1 Å². The molecule has 8 nitrogen and oxygen atoms in total. The third-order valence-electron chi connectivity index (χ3n) is 4.82. The van der Waals surface area contributed by atoms with Crippen LogP contribution in [0.3, 0.4) is 0 Å². The van der Waals surface area contributed by atoms with Crippen molar-refractivity contribution in [1.82, 2.24) is 10.6 Å². The van der Waals surface area contributed by atoms with E-state index in [2.05, 4.69) is 17.2 Å². The molecule has 2 aliphatic rings. The van der Waals surface area contributed by atoms with Crippen molar-refractivity contribution in [2.24, 2.45) is 5.92 Å². The summed E-state index contributed by atoms with van der Waals surface area (Å²) in [7, 11) is 1.58. The number of nitrogens with one attached hydrogen (secondary N) is 2. The first-order valence-corrected chi connectivity index (χ1v) is 9.00. The van der Waals surface area contributed by atoms with Gasteiger partial charge >= 0.3 is 12.0 Å². The molecule has 0 radical (unpaired) electrons. The summed E-state index contributed by atoms with van der Waals surface area (Å²) >= 11 is 0. The van der Waals surface area contributed by atoms with Crippen molar-refractivity contribution in [2.45, 2.75) is 12.6 Å². The molecule has 4 rings (SSSR count). The number of rotatable bonds is 5. The van der Waals surface area contributed by atoms with Crippen LogP contribution in [0.25, 0.3) is 0 Å². The number of benzene rings is 2. The molecule has 0 aliphatic carbocycles. The van der Waals surface area contributed by atoms with E-state index in [-0.39, 0.29) is 19.1 Å². The standard InChI is InChI=1S/C21H20N2O6/c1-12-18(20(24)27-10-13-3-6-15(26-2)7-4-13)19(23-21(25)22-12)14-5-8-16-17(9-14)29-11-28-16/h3-9,18-19H,1,10-11H2,2H3,(H2,22,23,25). The number of urea groups is 1. The molecule has 2 heterocycles. The molecule has 0 saturated carbocycles. The fourth-order valence-corrected chi connectivity index (χ4v) is 3.31. The molecule has 8 heteroatoms. The summed E-state index contributed by atoms with van der Waals surface area (Å²) in [5, 5.41) is 5.33. The fourth-order valence-electron chi connectivity index (χ4n) is 3.31.